The van der Waals surface area contributed by atoms with Gasteiger partial charge in [-0.15, -0.1) is 0 Å². The summed E-state index contributed by atoms with van der Waals surface area (Å²) < 4.78 is 4.31. The van der Waals surface area contributed by atoms with Crippen molar-refractivity contribution >= 4 is 46.5 Å². The molecule has 0 spiro atoms. The number of nitrogens with one attached hydrogen (secondary N) is 2. The molecule has 2 aliphatic rings. The summed E-state index contributed by atoms with van der Waals surface area (Å²) in [4.78, 5) is 43.1. The molecule has 0 bridgehead atoms. The van der Waals surface area contributed by atoms with Gasteiger partial charge in [-0.2, -0.15) is 4.37 Å². The fourth-order valence-corrected chi connectivity index (χ4v) is 6.74. The number of halogens is 1. The maximum atomic E-state index is 14.3. The van der Waals surface area contributed by atoms with Gasteiger partial charge in [0.2, 0.25) is 5.91 Å². The number of benzene rings is 2. The molecule has 3 amide bonds. The van der Waals surface area contributed by atoms with Crippen LogP contribution in [0.2, 0.25) is 5.02 Å². The lowest BCUT2D eigenvalue weighted by molar-refractivity contribution is -0.126. The summed E-state index contributed by atoms with van der Waals surface area (Å²) in [5, 5.41) is 6.61. The fraction of sp³-hybridized carbons (Fsp3) is 0.419. The molecule has 2 aliphatic carbocycles. The number of hydrogen-bond donors (Lipinski definition) is 3. The Morgan fingerprint density at radius 2 is 1.61 bits per heavy atom. The first-order chi connectivity index (χ1) is 19.9. The number of amides is 3. The van der Waals surface area contributed by atoms with Crippen molar-refractivity contribution in [3.8, 4) is 0 Å². The number of nitrogens with two attached hydrogens (primary N) is 1. The predicted molar refractivity (Wildman–Crippen MR) is 162 cm³/mol. The molecule has 1 heterocycles. The first-order valence-electron chi connectivity index (χ1n) is 14.4. The molecular formula is C31H36ClN5O3S. The second-order valence-electron chi connectivity index (χ2n) is 10.9. The third-order valence-corrected chi connectivity index (χ3v) is 9.16. The Morgan fingerprint density at radius 1 is 0.951 bits per heavy atom. The normalized spacial score (nSPS) is 16.7. The number of carbonyl (C=O) groups excluding carboxylic acids is 3. The first kappa shape index (κ1) is 29.1. The van der Waals surface area contributed by atoms with Gasteiger partial charge >= 0.3 is 0 Å². The van der Waals surface area contributed by atoms with E-state index in [-0.39, 0.29) is 40.2 Å². The van der Waals surface area contributed by atoms with Gasteiger partial charge in [0, 0.05) is 23.7 Å². The fourth-order valence-electron chi connectivity index (χ4n) is 5.87. The number of aromatic nitrogens is 1. The van der Waals surface area contributed by atoms with E-state index < -0.39 is 11.9 Å². The van der Waals surface area contributed by atoms with Gasteiger partial charge in [0.1, 0.15) is 10.9 Å². The van der Waals surface area contributed by atoms with Crippen molar-refractivity contribution in [2.24, 2.45) is 0 Å². The van der Waals surface area contributed by atoms with Gasteiger partial charge in [-0.1, -0.05) is 86.2 Å². The van der Waals surface area contributed by atoms with Crippen LogP contribution in [0.4, 0.5) is 5.69 Å². The molecule has 0 radical (unpaired) electrons. The number of carbonyl (C=O) groups is 3. The van der Waals surface area contributed by atoms with Crippen LogP contribution < -0.4 is 16.4 Å². The van der Waals surface area contributed by atoms with Crippen molar-refractivity contribution in [1.82, 2.24) is 19.9 Å². The van der Waals surface area contributed by atoms with E-state index in [4.69, 9.17) is 17.3 Å². The Morgan fingerprint density at radius 3 is 2.29 bits per heavy atom. The maximum absolute atomic E-state index is 14.3. The zero-order valence-corrected chi connectivity index (χ0v) is 24.6. The van der Waals surface area contributed by atoms with Gasteiger partial charge in [0.15, 0.2) is 5.69 Å². The number of anilines is 1. The highest BCUT2D eigenvalue weighted by molar-refractivity contribution is 7.09. The second kappa shape index (κ2) is 13.5. The van der Waals surface area contributed by atoms with E-state index in [1.807, 2.05) is 30.3 Å². The minimum Gasteiger partial charge on any atom is -0.395 e. The Labute approximate surface area is 249 Å². The number of hydrogen-bond acceptors (Lipinski definition) is 6. The highest BCUT2D eigenvalue weighted by atomic mass is 35.5. The van der Waals surface area contributed by atoms with Gasteiger partial charge in [0.25, 0.3) is 11.8 Å². The number of rotatable bonds is 9. The molecule has 0 unspecified atom stereocenters. The monoisotopic (exact) mass is 593 g/mol. The Bertz CT molecular complexity index is 1350. The quantitative estimate of drug-likeness (QED) is 0.286. The van der Waals surface area contributed by atoms with E-state index in [1.165, 1.54) is 6.42 Å². The van der Waals surface area contributed by atoms with E-state index in [0.717, 1.165) is 68.5 Å². The smallest absolute Gasteiger partial charge is 0.273 e. The first-order valence-corrected chi connectivity index (χ1v) is 15.5. The van der Waals surface area contributed by atoms with Gasteiger partial charge in [0.05, 0.1) is 5.69 Å². The van der Waals surface area contributed by atoms with E-state index in [0.29, 0.717) is 17.1 Å². The van der Waals surface area contributed by atoms with Gasteiger partial charge in [-0.05, 0) is 60.5 Å². The van der Waals surface area contributed by atoms with Gasteiger partial charge in [-0.25, -0.2) is 0 Å². The van der Waals surface area contributed by atoms with Crippen molar-refractivity contribution in [1.29, 1.82) is 0 Å². The molecular weight excluding hydrogens is 558 g/mol. The van der Waals surface area contributed by atoms with Crippen LogP contribution in [-0.4, -0.2) is 39.1 Å². The molecule has 4 N–H and O–H groups in total. The average Bonchev–Trinajstić information content (AvgIpc) is 3.66. The molecule has 41 heavy (non-hydrogen) atoms. The largest absolute Gasteiger partial charge is 0.395 e. The van der Waals surface area contributed by atoms with Crippen molar-refractivity contribution in [2.45, 2.75) is 82.5 Å². The molecule has 1 aromatic heterocycles. The highest BCUT2D eigenvalue weighted by Gasteiger charge is 2.40. The van der Waals surface area contributed by atoms with E-state index >= 15 is 0 Å². The van der Waals surface area contributed by atoms with Crippen LogP contribution in [-0.2, 0) is 11.3 Å². The molecule has 3 aromatic rings. The summed E-state index contributed by atoms with van der Waals surface area (Å²) in [5.41, 5.74) is 8.18. The molecule has 2 saturated carbocycles. The summed E-state index contributed by atoms with van der Waals surface area (Å²) in [6, 6.07) is 15.7. The summed E-state index contributed by atoms with van der Waals surface area (Å²) >= 11 is 7.10. The average molecular weight is 594 g/mol. The molecule has 216 valence electrons. The van der Waals surface area contributed by atoms with Crippen LogP contribution in [0.25, 0.3) is 0 Å². The summed E-state index contributed by atoms with van der Waals surface area (Å²) in [6.07, 6.45) is 8.66. The Kier molecular flexibility index (Phi) is 9.57. The topological polar surface area (TPSA) is 117 Å². The van der Waals surface area contributed by atoms with Crippen LogP contribution in [0.3, 0.4) is 0 Å². The minimum absolute atomic E-state index is 0.0656. The molecule has 0 saturated heterocycles. The zero-order valence-electron chi connectivity index (χ0n) is 23.0. The van der Waals surface area contributed by atoms with E-state index in [1.54, 1.807) is 29.2 Å². The van der Waals surface area contributed by atoms with E-state index in [2.05, 4.69) is 15.0 Å². The second-order valence-corrected chi connectivity index (χ2v) is 12.1. The molecule has 5 rings (SSSR count). The maximum Gasteiger partial charge on any atom is 0.273 e. The van der Waals surface area contributed by atoms with Crippen LogP contribution >= 0.6 is 23.1 Å². The Hall–Kier alpha value is -3.43. The van der Waals surface area contributed by atoms with Crippen molar-refractivity contribution in [3.05, 3.63) is 81.3 Å². The number of nitrogens with zero attached hydrogens (tertiary/aromatic N) is 2. The lowest BCUT2D eigenvalue weighted by Crippen LogP contribution is -2.48. The molecule has 0 aliphatic heterocycles. The van der Waals surface area contributed by atoms with Crippen molar-refractivity contribution in [2.75, 3.05) is 5.73 Å². The predicted octanol–water partition coefficient (Wildman–Crippen LogP) is 5.88. The van der Waals surface area contributed by atoms with Gasteiger partial charge < -0.3 is 21.3 Å². The summed E-state index contributed by atoms with van der Waals surface area (Å²) in [5.74, 6) is -1.04. The lowest BCUT2D eigenvalue weighted by Gasteiger charge is -2.36. The lowest BCUT2D eigenvalue weighted by atomic mass is 9.95. The van der Waals surface area contributed by atoms with Gasteiger partial charge in [-0.3, -0.25) is 14.4 Å². The van der Waals surface area contributed by atoms with Crippen LogP contribution in [0, 0.1) is 0 Å². The molecule has 2 fully saturated rings. The van der Waals surface area contributed by atoms with Crippen LogP contribution in [0.5, 0.6) is 0 Å². The summed E-state index contributed by atoms with van der Waals surface area (Å²) in [7, 11) is 0. The number of nitrogen functional groups attached to an aromatic ring is 1. The molecule has 1 atom stereocenters. The standard InChI is InChI=1S/C31H36ClN5O3S/c32-22-17-15-21(16-18-22)27(30(39)34-19-20-9-3-1-4-10-20)37(24-13-7-8-14-24)31(40)28-25(33)26(36-41-28)29(38)35-23-11-5-2-6-12-23/h1,3-4,9-10,15-18,23-24,27H,2,5-8,11-14,19,33H2,(H,34,39)(H,35,38)/t27-/m1/s1. The minimum atomic E-state index is -0.910. The third kappa shape index (κ3) is 6.90. The van der Waals surface area contributed by atoms with E-state index in [9.17, 15) is 14.4 Å². The van der Waals surface area contributed by atoms with Crippen molar-refractivity contribution < 1.29 is 14.4 Å². The molecule has 2 aromatic carbocycles. The molecule has 8 nitrogen and oxygen atoms in total. The van der Waals surface area contributed by atoms with Crippen LogP contribution in [0.15, 0.2) is 54.6 Å². The third-order valence-electron chi connectivity index (χ3n) is 8.05. The SMILES string of the molecule is Nc1c(C(=O)NC2CCCCC2)nsc1C(=O)N(C1CCCC1)[C@@H](C(=O)NCc1ccccc1)c1ccc(Cl)cc1. The molecule has 10 heteroatoms. The zero-order chi connectivity index (χ0) is 28.8. The Balaban J connectivity index is 1.45. The van der Waals surface area contributed by atoms with Crippen LogP contribution in [0.1, 0.15) is 95.1 Å². The summed E-state index contributed by atoms with van der Waals surface area (Å²) in [6.45, 7) is 0.324. The highest BCUT2D eigenvalue weighted by Crippen LogP contribution is 2.36. The van der Waals surface area contributed by atoms with Crippen molar-refractivity contribution in [3.63, 3.8) is 0 Å².